The molecule has 13 heteroatoms. The quantitative estimate of drug-likeness (QED) is 0.121. The van der Waals surface area contributed by atoms with Gasteiger partial charge >= 0.3 is 6.09 Å². The maximum atomic E-state index is 13.2. The van der Waals surface area contributed by atoms with Crippen molar-refractivity contribution in [1.82, 2.24) is 10.2 Å². The molecular weight excluding hydrogens is 562 g/mol. The van der Waals surface area contributed by atoms with Crippen molar-refractivity contribution in [3.8, 4) is 0 Å². The highest BCUT2D eigenvalue weighted by molar-refractivity contribution is 5.94. The summed E-state index contributed by atoms with van der Waals surface area (Å²) in [5.74, 6) is -0.747. The average molecular weight is 604 g/mol. The zero-order chi connectivity index (χ0) is 31.2. The lowest BCUT2D eigenvalue weighted by Gasteiger charge is -2.40. The number of aliphatic hydroxyl groups is 4. The maximum absolute atomic E-state index is 13.2. The zero-order valence-corrected chi connectivity index (χ0v) is 23.9. The fraction of sp³-hybridized carbons (Fsp3) is 0.500. The Bertz CT molecular complexity index is 1140. The molecule has 5 unspecified atom stereocenters. The molecule has 3 rings (SSSR count). The second-order valence-electron chi connectivity index (χ2n) is 10.2. The molecule has 13 nitrogen and oxygen atoms in total. The van der Waals surface area contributed by atoms with Gasteiger partial charge in [0.05, 0.1) is 12.3 Å². The van der Waals surface area contributed by atoms with Gasteiger partial charge in [0.25, 0.3) is 11.8 Å². The molecule has 1 fully saturated rings. The SMILES string of the molecule is O=C(NCCCCCCCN(CCC(=O)N(OC1OC(CO)C(O)C(O)C1O)c1ccccc1)C(=O)O)c1ccccc1. The van der Waals surface area contributed by atoms with Crippen molar-refractivity contribution in [2.75, 3.05) is 31.3 Å². The van der Waals surface area contributed by atoms with Crippen molar-refractivity contribution in [1.29, 1.82) is 0 Å². The molecule has 0 bridgehead atoms. The van der Waals surface area contributed by atoms with E-state index in [9.17, 15) is 39.9 Å². The van der Waals surface area contributed by atoms with Gasteiger partial charge in [0.1, 0.15) is 24.4 Å². The van der Waals surface area contributed by atoms with Crippen LogP contribution in [-0.4, -0.2) is 105 Å². The molecule has 3 amide bonds. The summed E-state index contributed by atoms with van der Waals surface area (Å²) in [5, 5.41) is 53.3. The second-order valence-corrected chi connectivity index (χ2v) is 10.2. The smallest absolute Gasteiger partial charge is 0.407 e. The number of para-hydroxylation sites is 1. The highest BCUT2D eigenvalue weighted by atomic mass is 16.8. The summed E-state index contributed by atoms with van der Waals surface area (Å²) in [6.07, 6.45) is -5.34. The van der Waals surface area contributed by atoms with Crippen molar-refractivity contribution in [2.45, 2.75) is 69.2 Å². The van der Waals surface area contributed by atoms with Crippen LogP contribution in [0.1, 0.15) is 48.9 Å². The van der Waals surface area contributed by atoms with Crippen molar-refractivity contribution < 1.29 is 49.5 Å². The summed E-state index contributed by atoms with van der Waals surface area (Å²) in [6.45, 7) is 0.00992. The van der Waals surface area contributed by atoms with Crippen molar-refractivity contribution in [3.05, 3.63) is 66.2 Å². The van der Waals surface area contributed by atoms with E-state index in [1.165, 1.54) is 0 Å². The lowest BCUT2D eigenvalue weighted by molar-refractivity contribution is -0.302. The molecule has 1 aliphatic heterocycles. The standard InChI is InChI=1S/C30H41N3O10/c34-20-23-25(36)26(37)27(38)29(42-23)43-33(22-14-8-5-9-15-22)24(35)16-19-32(30(40)41)18-11-3-1-2-10-17-31-28(39)21-12-6-4-7-13-21/h4-9,12-15,23,25-27,29,34,36-38H,1-3,10-11,16-20H2,(H,31,39)(H,40,41). The minimum Gasteiger partial charge on any atom is -0.465 e. The monoisotopic (exact) mass is 603 g/mol. The summed E-state index contributed by atoms with van der Waals surface area (Å²) in [5.41, 5.74) is 0.883. The van der Waals surface area contributed by atoms with Gasteiger partial charge in [-0.15, -0.1) is 0 Å². The topological polar surface area (TPSA) is 189 Å². The van der Waals surface area contributed by atoms with E-state index in [4.69, 9.17) is 9.57 Å². The molecule has 0 aromatic heterocycles. The van der Waals surface area contributed by atoms with Crippen LogP contribution in [-0.2, 0) is 14.4 Å². The number of benzene rings is 2. The van der Waals surface area contributed by atoms with E-state index in [1.807, 2.05) is 18.2 Å². The Morgan fingerprint density at radius 2 is 1.44 bits per heavy atom. The number of carboxylic acid groups (broad SMARTS) is 1. The second kappa shape index (κ2) is 17.5. The van der Waals surface area contributed by atoms with Gasteiger partial charge in [0.15, 0.2) is 0 Å². The number of unbranched alkanes of at least 4 members (excludes halogenated alkanes) is 4. The van der Waals surface area contributed by atoms with E-state index < -0.39 is 49.3 Å². The molecular formula is C30H41N3O10. The van der Waals surface area contributed by atoms with Gasteiger partial charge in [-0.2, -0.15) is 5.06 Å². The molecule has 0 radical (unpaired) electrons. The van der Waals surface area contributed by atoms with E-state index in [1.54, 1.807) is 42.5 Å². The molecule has 0 aliphatic carbocycles. The molecule has 2 aromatic rings. The highest BCUT2D eigenvalue weighted by Crippen LogP contribution is 2.25. The lowest BCUT2D eigenvalue weighted by atomic mass is 9.99. The number of hydrogen-bond acceptors (Lipinski definition) is 9. The Hall–Kier alpha value is -3.59. The van der Waals surface area contributed by atoms with Gasteiger partial charge in [0, 0.05) is 31.6 Å². The van der Waals surface area contributed by atoms with Gasteiger partial charge < -0.3 is 40.5 Å². The van der Waals surface area contributed by atoms with E-state index in [0.29, 0.717) is 18.5 Å². The molecule has 0 saturated carbocycles. The third-order valence-electron chi connectivity index (χ3n) is 7.07. The summed E-state index contributed by atoms with van der Waals surface area (Å²) in [4.78, 5) is 43.9. The van der Waals surface area contributed by atoms with Crippen LogP contribution in [0.2, 0.25) is 0 Å². The van der Waals surface area contributed by atoms with Crippen molar-refractivity contribution in [3.63, 3.8) is 0 Å². The third kappa shape index (κ3) is 10.3. The van der Waals surface area contributed by atoms with Gasteiger partial charge in [-0.25, -0.2) is 9.63 Å². The average Bonchev–Trinajstić information content (AvgIpc) is 3.02. The molecule has 1 saturated heterocycles. The first-order valence-corrected chi connectivity index (χ1v) is 14.4. The largest absolute Gasteiger partial charge is 0.465 e. The Morgan fingerprint density at radius 3 is 2.09 bits per heavy atom. The Kier molecular flexibility index (Phi) is 13.8. The number of hydroxylamine groups is 1. The summed E-state index contributed by atoms with van der Waals surface area (Å²) in [7, 11) is 0. The number of rotatable bonds is 16. The number of nitrogens with zero attached hydrogens (tertiary/aromatic N) is 2. The van der Waals surface area contributed by atoms with E-state index >= 15 is 0 Å². The Balaban J connectivity index is 1.45. The fourth-order valence-electron chi connectivity index (χ4n) is 4.57. The van der Waals surface area contributed by atoms with Gasteiger partial charge in [-0.05, 0) is 37.1 Å². The zero-order valence-electron chi connectivity index (χ0n) is 23.9. The summed E-state index contributed by atoms with van der Waals surface area (Å²) in [6, 6.07) is 17.1. The molecule has 1 heterocycles. The maximum Gasteiger partial charge on any atom is 0.407 e. The third-order valence-corrected chi connectivity index (χ3v) is 7.07. The molecule has 1 aliphatic rings. The Labute approximate surface area is 250 Å². The number of anilines is 1. The van der Waals surface area contributed by atoms with Crippen LogP contribution in [0.5, 0.6) is 0 Å². The Morgan fingerprint density at radius 1 is 0.814 bits per heavy atom. The van der Waals surface area contributed by atoms with Gasteiger partial charge in [-0.3, -0.25) is 9.59 Å². The molecule has 6 N–H and O–H groups in total. The van der Waals surface area contributed by atoms with Gasteiger partial charge in [-0.1, -0.05) is 55.7 Å². The number of nitrogens with one attached hydrogen (secondary N) is 1. The fourth-order valence-corrected chi connectivity index (χ4v) is 4.57. The first kappa shape index (κ1) is 33.9. The van der Waals surface area contributed by atoms with Crippen molar-refractivity contribution >= 4 is 23.6 Å². The number of carbonyl (C=O) groups excluding carboxylic acids is 2. The van der Waals surface area contributed by atoms with Gasteiger partial charge in [0.2, 0.25) is 6.29 Å². The normalized spacial score (nSPS) is 21.6. The minimum absolute atomic E-state index is 0.110. The molecule has 43 heavy (non-hydrogen) atoms. The molecule has 0 spiro atoms. The lowest BCUT2D eigenvalue weighted by Crippen LogP contribution is -2.60. The number of ether oxygens (including phenoxy) is 1. The van der Waals surface area contributed by atoms with Crippen LogP contribution in [0.4, 0.5) is 10.5 Å². The van der Waals surface area contributed by atoms with E-state index in [2.05, 4.69) is 5.32 Å². The highest BCUT2D eigenvalue weighted by Gasteiger charge is 2.45. The number of aliphatic hydroxyl groups excluding tert-OH is 4. The number of carbonyl (C=O) groups is 3. The summed E-state index contributed by atoms with van der Waals surface area (Å²) >= 11 is 0. The molecule has 5 atom stereocenters. The van der Waals surface area contributed by atoms with Crippen LogP contribution in [0.3, 0.4) is 0 Å². The van der Waals surface area contributed by atoms with E-state index in [-0.39, 0.29) is 31.1 Å². The van der Waals surface area contributed by atoms with Crippen LogP contribution < -0.4 is 10.4 Å². The first-order chi connectivity index (χ1) is 20.7. The van der Waals surface area contributed by atoms with E-state index in [0.717, 1.165) is 35.6 Å². The van der Waals surface area contributed by atoms with Crippen LogP contribution >= 0.6 is 0 Å². The predicted octanol–water partition coefficient (Wildman–Crippen LogP) is 1.50. The molecule has 2 aromatic carbocycles. The van der Waals surface area contributed by atoms with Crippen LogP contribution in [0.15, 0.2) is 60.7 Å². The minimum atomic E-state index is -1.73. The molecule has 236 valence electrons. The summed E-state index contributed by atoms with van der Waals surface area (Å²) < 4.78 is 5.38. The first-order valence-electron chi connectivity index (χ1n) is 14.4. The number of hydrogen-bond donors (Lipinski definition) is 6. The van der Waals surface area contributed by atoms with Crippen LogP contribution in [0.25, 0.3) is 0 Å². The van der Waals surface area contributed by atoms with Crippen molar-refractivity contribution in [2.24, 2.45) is 0 Å². The predicted molar refractivity (Wildman–Crippen MR) is 155 cm³/mol. The van der Waals surface area contributed by atoms with Crippen LogP contribution in [0, 0.1) is 0 Å². The number of amides is 3.